The van der Waals surface area contributed by atoms with Crippen LogP contribution in [0.1, 0.15) is 5.69 Å². The molecule has 5 heteroatoms. The number of ether oxygens (including phenoxy) is 1. The number of aliphatic hydroxyl groups excluding tert-OH is 2. The fraction of sp³-hybridized carbons (Fsp3) is 0.500. The highest BCUT2D eigenvalue weighted by atomic mass is 16.5. The van der Waals surface area contributed by atoms with Gasteiger partial charge in [-0.25, -0.2) is 4.98 Å². The van der Waals surface area contributed by atoms with E-state index in [1.165, 1.54) is 6.20 Å². The highest BCUT2D eigenvalue weighted by Gasteiger charge is 2.03. The Hall–Kier alpha value is -1.20. The third-order valence-electron chi connectivity index (χ3n) is 1.39. The van der Waals surface area contributed by atoms with Gasteiger partial charge >= 0.3 is 0 Å². The van der Waals surface area contributed by atoms with Crippen LogP contribution in [0, 0.1) is 6.92 Å². The predicted octanol–water partition coefficient (Wildman–Crippen LogP) is -0.483. The normalized spacial score (nSPS) is 12.5. The number of aromatic nitrogens is 2. The molecule has 72 valence electrons. The number of aryl methyl sites for hydroxylation is 1. The minimum atomic E-state index is -0.872. The fourth-order valence-corrected chi connectivity index (χ4v) is 0.690. The molecule has 1 unspecified atom stereocenters. The summed E-state index contributed by atoms with van der Waals surface area (Å²) in [5.74, 6) is 0.345. The molecule has 1 rings (SSSR count). The van der Waals surface area contributed by atoms with Crippen molar-refractivity contribution in [3.05, 3.63) is 18.1 Å². The van der Waals surface area contributed by atoms with Crippen LogP contribution in [0.3, 0.4) is 0 Å². The van der Waals surface area contributed by atoms with Gasteiger partial charge in [0.1, 0.15) is 12.7 Å². The molecule has 5 nitrogen and oxygen atoms in total. The molecule has 1 atom stereocenters. The molecular formula is C8H12N2O3. The van der Waals surface area contributed by atoms with Gasteiger partial charge in [-0.1, -0.05) is 0 Å². The lowest BCUT2D eigenvalue weighted by Gasteiger charge is -2.08. The van der Waals surface area contributed by atoms with Crippen LogP contribution < -0.4 is 4.74 Å². The van der Waals surface area contributed by atoms with Gasteiger partial charge in [0, 0.05) is 0 Å². The van der Waals surface area contributed by atoms with E-state index in [9.17, 15) is 0 Å². The van der Waals surface area contributed by atoms with Crippen LogP contribution >= 0.6 is 0 Å². The summed E-state index contributed by atoms with van der Waals surface area (Å²) in [6.07, 6.45) is 2.17. The maximum atomic E-state index is 8.95. The fourth-order valence-electron chi connectivity index (χ4n) is 0.690. The van der Waals surface area contributed by atoms with Crippen LogP contribution in [0.25, 0.3) is 0 Å². The molecule has 0 spiro atoms. The third-order valence-corrected chi connectivity index (χ3v) is 1.39. The Morgan fingerprint density at radius 1 is 1.46 bits per heavy atom. The molecule has 0 fully saturated rings. The number of nitrogens with zero attached hydrogens (tertiary/aromatic N) is 2. The summed E-state index contributed by atoms with van der Waals surface area (Å²) in [5.41, 5.74) is 0.801. The average Bonchev–Trinajstić information content (AvgIpc) is 2.16. The zero-order chi connectivity index (χ0) is 9.68. The van der Waals surface area contributed by atoms with E-state index in [1.807, 2.05) is 6.92 Å². The smallest absolute Gasteiger partial charge is 0.232 e. The van der Waals surface area contributed by atoms with Crippen LogP contribution in [0.5, 0.6) is 5.88 Å². The highest BCUT2D eigenvalue weighted by Crippen LogP contribution is 2.03. The highest BCUT2D eigenvalue weighted by molar-refractivity contribution is 5.05. The molecule has 1 heterocycles. The summed E-state index contributed by atoms with van der Waals surface area (Å²) in [6, 6.07) is 0. The molecule has 1 aromatic rings. The minimum Gasteiger partial charge on any atom is -0.474 e. The van der Waals surface area contributed by atoms with E-state index in [0.717, 1.165) is 5.69 Å². The summed E-state index contributed by atoms with van der Waals surface area (Å²) in [6.45, 7) is 1.52. The standard InChI is InChI=1S/C8H12N2O3/c1-6-2-10-8(3-9-6)13-5-7(12)4-11/h2-3,7,11-12H,4-5H2,1H3. The van der Waals surface area contributed by atoms with Gasteiger partial charge in [-0.05, 0) is 6.92 Å². The SMILES string of the molecule is Cc1cnc(OCC(O)CO)cn1. The summed E-state index contributed by atoms with van der Waals surface area (Å²) in [5, 5.41) is 17.4. The largest absolute Gasteiger partial charge is 0.474 e. The Labute approximate surface area is 76.0 Å². The quantitative estimate of drug-likeness (QED) is 0.660. The second-order valence-electron chi connectivity index (χ2n) is 2.64. The van der Waals surface area contributed by atoms with Crippen LogP contribution in [0.15, 0.2) is 12.4 Å². The molecule has 0 radical (unpaired) electrons. The van der Waals surface area contributed by atoms with Crippen LogP contribution in [0.4, 0.5) is 0 Å². The number of hydrogen-bond donors (Lipinski definition) is 2. The van der Waals surface area contributed by atoms with E-state index in [4.69, 9.17) is 14.9 Å². The Kier molecular flexibility index (Phi) is 3.60. The molecule has 0 amide bonds. The van der Waals surface area contributed by atoms with Crippen molar-refractivity contribution in [1.82, 2.24) is 9.97 Å². The Morgan fingerprint density at radius 3 is 2.77 bits per heavy atom. The summed E-state index contributed by atoms with van der Waals surface area (Å²) >= 11 is 0. The topological polar surface area (TPSA) is 75.5 Å². The van der Waals surface area contributed by atoms with E-state index in [2.05, 4.69) is 9.97 Å². The van der Waals surface area contributed by atoms with Gasteiger partial charge in [0.25, 0.3) is 0 Å². The summed E-state index contributed by atoms with van der Waals surface area (Å²) < 4.78 is 5.03. The van der Waals surface area contributed by atoms with Crippen molar-refractivity contribution in [1.29, 1.82) is 0 Å². The summed E-state index contributed by atoms with van der Waals surface area (Å²) in [4.78, 5) is 7.86. The average molecular weight is 184 g/mol. The molecule has 0 aliphatic rings. The van der Waals surface area contributed by atoms with Crippen molar-refractivity contribution in [2.24, 2.45) is 0 Å². The van der Waals surface area contributed by atoms with E-state index in [-0.39, 0.29) is 13.2 Å². The van der Waals surface area contributed by atoms with Gasteiger partial charge < -0.3 is 14.9 Å². The Balaban J connectivity index is 2.41. The molecule has 0 saturated carbocycles. The van der Waals surface area contributed by atoms with Crippen molar-refractivity contribution >= 4 is 0 Å². The van der Waals surface area contributed by atoms with Crippen molar-refractivity contribution < 1.29 is 14.9 Å². The maximum Gasteiger partial charge on any atom is 0.232 e. The third kappa shape index (κ3) is 3.35. The molecule has 2 N–H and O–H groups in total. The molecule has 1 aromatic heterocycles. The minimum absolute atomic E-state index is 0.0221. The molecule has 0 aliphatic carbocycles. The van der Waals surface area contributed by atoms with Crippen molar-refractivity contribution in [3.63, 3.8) is 0 Å². The van der Waals surface area contributed by atoms with Crippen molar-refractivity contribution in [2.75, 3.05) is 13.2 Å². The Bertz CT molecular complexity index is 250. The van der Waals surface area contributed by atoms with Gasteiger partial charge in [0.2, 0.25) is 5.88 Å². The molecule has 0 saturated heterocycles. The zero-order valence-corrected chi connectivity index (χ0v) is 7.34. The van der Waals surface area contributed by atoms with E-state index in [0.29, 0.717) is 5.88 Å². The number of aliphatic hydroxyl groups is 2. The van der Waals surface area contributed by atoms with Gasteiger partial charge in [0.15, 0.2) is 0 Å². The first kappa shape index (κ1) is 9.88. The first-order valence-electron chi connectivity index (χ1n) is 3.92. The molecule has 0 aliphatic heterocycles. The van der Waals surface area contributed by atoms with Crippen LogP contribution in [0.2, 0.25) is 0 Å². The first-order valence-corrected chi connectivity index (χ1v) is 3.92. The second kappa shape index (κ2) is 4.74. The molecule has 13 heavy (non-hydrogen) atoms. The maximum absolute atomic E-state index is 8.95. The number of hydrogen-bond acceptors (Lipinski definition) is 5. The van der Waals surface area contributed by atoms with Crippen molar-refractivity contribution in [3.8, 4) is 5.88 Å². The first-order chi connectivity index (χ1) is 6.22. The zero-order valence-electron chi connectivity index (χ0n) is 7.34. The van der Waals surface area contributed by atoms with Gasteiger partial charge in [-0.15, -0.1) is 0 Å². The molecule has 0 bridgehead atoms. The van der Waals surface area contributed by atoms with Crippen LogP contribution in [-0.2, 0) is 0 Å². The van der Waals surface area contributed by atoms with Gasteiger partial charge in [-0.3, -0.25) is 4.98 Å². The van der Waals surface area contributed by atoms with E-state index < -0.39 is 6.10 Å². The summed E-state index contributed by atoms with van der Waals surface area (Å²) in [7, 11) is 0. The second-order valence-corrected chi connectivity index (χ2v) is 2.64. The van der Waals surface area contributed by atoms with Gasteiger partial charge in [0.05, 0.1) is 24.7 Å². The monoisotopic (exact) mass is 184 g/mol. The molecule has 0 aromatic carbocycles. The lowest BCUT2D eigenvalue weighted by molar-refractivity contribution is 0.0519. The van der Waals surface area contributed by atoms with Gasteiger partial charge in [-0.2, -0.15) is 0 Å². The molecular weight excluding hydrogens is 172 g/mol. The number of rotatable bonds is 4. The lowest BCUT2D eigenvalue weighted by Crippen LogP contribution is -2.21. The lowest BCUT2D eigenvalue weighted by atomic mass is 10.4. The Morgan fingerprint density at radius 2 is 2.23 bits per heavy atom. The predicted molar refractivity (Wildman–Crippen MR) is 45.4 cm³/mol. The van der Waals surface area contributed by atoms with Crippen LogP contribution in [-0.4, -0.2) is 39.5 Å². The van der Waals surface area contributed by atoms with Crippen molar-refractivity contribution in [2.45, 2.75) is 13.0 Å². The van der Waals surface area contributed by atoms with E-state index in [1.54, 1.807) is 6.20 Å². The van der Waals surface area contributed by atoms with E-state index >= 15 is 0 Å².